The number of hydrogen-bond acceptors (Lipinski definition) is 4. The lowest BCUT2D eigenvalue weighted by molar-refractivity contribution is 0.416. The maximum absolute atomic E-state index is 12.5. The number of rotatable bonds is 6. The first-order valence-electron chi connectivity index (χ1n) is 8.56. The van der Waals surface area contributed by atoms with E-state index in [4.69, 9.17) is 9.15 Å². The summed E-state index contributed by atoms with van der Waals surface area (Å²) in [7, 11) is 1.59. The van der Waals surface area contributed by atoms with Crippen molar-refractivity contribution >= 4 is 11.0 Å². The van der Waals surface area contributed by atoms with Crippen molar-refractivity contribution in [2.45, 2.75) is 32.6 Å². The first kappa shape index (κ1) is 17.1. The van der Waals surface area contributed by atoms with Crippen LogP contribution in [-0.2, 0) is 6.42 Å². The van der Waals surface area contributed by atoms with Gasteiger partial charge in [0.1, 0.15) is 17.1 Å². The van der Waals surface area contributed by atoms with E-state index in [1.54, 1.807) is 25.3 Å². The number of unbranched alkanes of at least 4 members (excludes halogenated alkanes) is 2. The molecule has 0 fully saturated rings. The number of hydrogen-bond donors (Lipinski definition) is 1. The maximum Gasteiger partial charge on any atom is 0.344 e. The number of phenolic OH excluding ortho intramolecular Hbond substituents is 1. The molecule has 0 atom stereocenters. The average molecular weight is 338 g/mol. The zero-order valence-corrected chi connectivity index (χ0v) is 14.5. The second-order valence-electron chi connectivity index (χ2n) is 6.16. The number of ether oxygens (including phenoxy) is 1. The van der Waals surface area contributed by atoms with Crippen molar-refractivity contribution in [2.75, 3.05) is 7.11 Å². The van der Waals surface area contributed by atoms with Crippen LogP contribution in [0, 0.1) is 0 Å². The normalized spacial score (nSPS) is 11.0. The SMILES string of the molecule is CCCCCc1ccc(OC)c(-c2cc3ccc(O)cc3oc2=O)c1. The molecule has 3 rings (SSSR count). The summed E-state index contributed by atoms with van der Waals surface area (Å²) in [5.74, 6) is 0.712. The highest BCUT2D eigenvalue weighted by Gasteiger charge is 2.14. The highest BCUT2D eigenvalue weighted by Crippen LogP contribution is 2.31. The summed E-state index contributed by atoms with van der Waals surface area (Å²) < 4.78 is 10.8. The number of methoxy groups -OCH3 is 1. The minimum Gasteiger partial charge on any atom is -0.508 e. The van der Waals surface area contributed by atoms with Crippen LogP contribution < -0.4 is 10.4 Å². The van der Waals surface area contributed by atoms with Crippen molar-refractivity contribution in [3.05, 3.63) is 58.4 Å². The third kappa shape index (κ3) is 3.68. The molecule has 0 aliphatic heterocycles. The molecule has 0 aliphatic carbocycles. The number of benzene rings is 2. The van der Waals surface area contributed by atoms with E-state index >= 15 is 0 Å². The minimum absolute atomic E-state index is 0.0684. The zero-order valence-electron chi connectivity index (χ0n) is 14.5. The monoisotopic (exact) mass is 338 g/mol. The molecule has 2 aromatic carbocycles. The van der Waals surface area contributed by atoms with Crippen LogP contribution in [0.5, 0.6) is 11.5 Å². The fourth-order valence-corrected chi connectivity index (χ4v) is 2.99. The quantitative estimate of drug-likeness (QED) is 0.512. The van der Waals surface area contributed by atoms with E-state index in [1.807, 2.05) is 18.2 Å². The van der Waals surface area contributed by atoms with Crippen molar-refractivity contribution < 1.29 is 14.3 Å². The molecule has 0 aliphatic rings. The topological polar surface area (TPSA) is 59.7 Å². The van der Waals surface area contributed by atoms with Gasteiger partial charge in [0.25, 0.3) is 0 Å². The van der Waals surface area contributed by atoms with Gasteiger partial charge in [-0.3, -0.25) is 0 Å². The Hall–Kier alpha value is -2.75. The molecule has 3 aromatic rings. The maximum atomic E-state index is 12.5. The van der Waals surface area contributed by atoms with Gasteiger partial charge in [-0.05, 0) is 48.7 Å². The van der Waals surface area contributed by atoms with Gasteiger partial charge in [-0.15, -0.1) is 0 Å². The smallest absolute Gasteiger partial charge is 0.344 e. The van der Waals surface area contributed by atoms with Gasteiger partial charge in [0, 0.05) is 17.0 Å². The molecule has 4 nitrogen and oxygen atoms in total. The minimum atomic E-state index is -0.442. The molecule has 0 amide bonds. The van der Waals surface area contributed by atoms with Gasteiger partial charge < -0.3 is 14.3 Å². The van der Waals surface area contributed by atoms with Crippen LogP contribution in [0.3, 0.4) is 0 Å². The Bertz CT molecular complexity index is 940. The Labute approximate surface area is 146 Å². The molecule has 0 unspecified atom stereocenters. The Morgan fingerprint density at radius 3 is 2.64 bits per heavy atom. The van der Waals surface area contributed by atoms with Crippen molar-refractivity contribution in [3.63, 3.8) is 0 Å². The highest BCUT2D eigenvalue weighted by molar-refractivity contribution is 5.84. The Kier molecular flexibility index (Phi) is 5.08. The van der Waals surface area contributed by atoms with Crippen LogP contribution in [-0.4, -0.2) is 12.2 Å². The average Bonchev–Trinajstić information content (AvgIpc) is 2.61. The summed E-state index contributed by atoms with van der Waals surface area (Å²) >= 11 is 0. The predicted octanol–water partition coefficient (Wildman–Crippen LogP) is 4.91. The first-order valence-corrected chi connectivity index (χ1v) is 8.56. The van der Waals surface area contributed by atoms with E-state index in [-0.39, 0.29) is 5.75 Å². The lowest BCUT2D eigenvalue weighted by atomic mass is 9.99. The second-order valence-corrected chi connectivity index (χ2v) is 6.16. The third-order valence-electron chi connectivity index (χ3n) is 4.34. The molecule has 25 heavy (non-hydrogen) atoms. The third-order valence-corrected chi connectivity index (χ3v) is 4.34. The van der Waals surface area contributed by atoms with E-state index in [0.717, 1.165) is 23.8 Å². The summed E-state index contributed by atoms with van der Waals surface area (Å²) in [5.41, 5.74) is 2.30. The molecule has 1 heterocycles. The Balaban J connectivity index is 2.09. The van der Waals surface area contributed by atoms with Gasteiger partial charge in [-0.25, -0.2) is 4.79 Å². The summed E-state index contributed by atoms with van der Waals surface area (Å²) in [6.07, 6.45) is 4.44. The lowest BCUT2D eigenvalue weighted by Crippen LogP contribution is -2.04. The van der Waals surface area contributed by atoms with Crippen molar-refractivity contribution in [1.29, 1.82) is 0 Å². The van der Waals surface area contributed by atoms with E-state index in [0.29, 0.717) is 16.9 Å². The lowest BCUT2D eigenvalue weighted by Gasteiger charge is -2.11. The van der Waals surface area contributed by atoms with Gasteiger partial charge in [-0.2, -0.15) is 0 Å². The van der Waals surface area contributed by atoms with Gasteiger partial charge in [0.15, 0.2) is 0 Å². The standard InChI is InChI=1S/C21H22O4/c1-3-4-5-6-14-7-10-19(24-2)17(11-14)18-12-15-8-9-16(22)13-20(15)25-21(18)23/h7-13,22H,3-6H2,1-2H3. The van der Waals surface area contributed by atoms with E-state index in [1.165, 1.54) is 24.5 Å². The van der Waals surface area contributed by atoms with E-state index < -0.39 is 5.63 Å². The van der Waals surface area contributed by atoms with Crippen LogP contribution in [0.2, 0.25) is 0 Å². The fraction of sp³-hybridized carbons (Fsp3) is 0.286. The molecule has 4 heteroatoms. The van der Waals surface area contributed by atoms with Crippen LogP contribution in [0.1, 0.15) is 31.7 Å². The number of fused-ring (bicyclic) bond motifs is 1. The first-order chi connectivity index (χ1) is 12.1. The molecule has 0 bridgehead atoms. The van der Waals surface area contributed by atoms with Gasteiger partial charge >= 0.3 is 5.63 Å². The number of aromatic hydroxyl groups is 1. The molecular formula is C21H22O4. The zero-order chi connectivity index (χ0) is 17.8. The molecule has 0 radical (unpaired) electrons. The Morgan fingerprint density at radius 1 is 1.04 bits per heavy atom. The number of phenols is 1. The van der Waals surface area contributed by atoms with Crippen LogP contribution in [0.4, 0.5) is 0 Å². The fourth-order valence-electron chi connectivity index (χ4n) is 2.99. The van der Waals surface area contributed by atoms with Crippen molar-refractivity contribution in [1.82, 2.24) is 0 Å². The van der Waals surface area contributed by atoms with Crippen LogP contribution in [0.25, 0.3) is 22.1 Å². The molecule has 0 saturated heterocycles. The summed E-state index contributed by atoms with van der Waals surface area (Å²) in [6, 6.07) is 12.5. The van der Waals surface area contributed by atoms with Crippen LogP contribution in [0.15, 0.2) is 51.7 Å². The van der Waals surface area contributed by atoms with Gasteiger partial charge in [0.2, 0.25) is 0 Å². The number of aryl methyl sites for hydroxylation is 1. The summed E-state index contributed by atoms with van der Waals surface area (Å²) in [4.78, 5) is 12.5. The van der Waals surface area contributed by atoms with E-state index in [2.05, 4.69) is 6.92 Å². The second kappa shape index (κ2) is 7.43. The summed E-state index contributed by atoms with van der Waals surface area (Å²) in [6.45, 7) is 2.18. The van der Waals surface area contributed by atoms with Crippen molar-refractivity contribution in [3.8, 4) is 22.6 Å². The van der Waals surface area contributed by atoms with E-state index in [9.17, 15) is 9.90 Å². The largest absolute Gasteiger partial charge is 0.508 e. The predicted molar refractivity (Wildman–Crippen MR) is 99.4 cm³/mol. The molecule has 0 spiro atoms. The van der Waals surface area contributed by atoms with Crippen LogP contribution >= 0.6 is 0 Å². The van der Waals surface area contributed by atoms with Gasteiger partial charge in [-0.1, -0.05) is 25.8 Å². The molecule has 130 valence electrons. The van der Waals surface area contributed by atoms with Gasteiger partial charge in [0.05, 0.1) is 12.7 Å². The summed E-state index contributed by atoms with van der Waals surface area (Å²) in [5, 5.41) is 10.3. The molecule has 1 aromatic heterocycles. The Morgan fingerprint density at radius 2 is 1.88 bits per heavy atom. The highest BCUT2D eigenvalue weighted by atomic mass is 16.5. The molecule has 0 saturated carbocycles. The van der Waals surface area contributed by atoms with Crippen molar-refractivity contribution in [2.24, 2.45) is 0 Å². The molecule has 1 N–H and O–H groups in total. The molecular weight excluding hydrogens is 316 g/mol.